The first-order valence-electron chi connectivity index (χ1n) is 10.6. The Hall–Kier alpha value is -3.10. The van der Waals surface area contributed by atoms with Crippen molar-refractivity contribution in [1.29, 1.82) is 0 Å². The molecule has 1 saturated heterocycles. The number of carbonyl (C=O) groups excluding carboxylic acids is 2. The third-order valence-corrected chi connectivity index (χ3v) is 5.35. The van der Waals surface area contributed by atoms with E-state index >= 15 is 0 Å². The zero-order valence-electron chi connectivity index (χ0n) is 17.3. The van der Waals surface area contributed by atoms with E-state index in [1.165, 1.54) is 5.56 Å². The maximum atomic E-state index is 12.1. The van der Waals surface area contributed by atoms with E-state index in [1.807, 2.05) is 18.2 Å². The first-order chi connectivity index (χ1) is 15.2. The number of unbranched alkanes of at least 4 members (excludes halogenated alkanes) is 1. The first kappa shape index (κ1) is 21.1. The van der Waals surface area contributed by atoms with Crippen LogP contribution >= 0.6 is 0 Å². The number of rotatable bonds is 7. The number of fused-ring (bicyclic) bond motifs is 1. The summed E-state index contributed by atoms with van der Waals surface area (Å²) in [5, 5.41) is 5.25. The zero-order valence-corrected chi connectivity index (χ0v) is 17.3. The third-order valence-electron chi connectivity index (χ3n) is 5.35. The minimum absolute atomic E-state index is 0.106. The Labute approximate surface area is 181 Å². The fourth-order valence-corrected chi connectivity index (χ4v) is 3.68. The van der Waals surface area contributed by atoms with Crippen LogP contribution in [0.25, 0.3) is 0 Å². The summed E-state index contributed by atoms with van der Waals surface area (Å²) in [6, 6.07) is 15.3. The van der Waals surface area contributed by atoms with Gasteiger partial charge in [-0.2, -0.15) is 0 Å². The Bertz CT molecular complexity index is 905. The highest BCUT2D eigenvalue weighted by molar-refractivity contribution is 6.39. The Balaban J connectivity index is 1.13. The lowest BCUT2D eigenvalue weighted by atomic mass is 10.1. The van der Waals surface area contributed by atoms with Crippen LogP contribution < -0.4 is 20.1 Å². The average Bonchev–Trinajstić information content (AvgIpc) is 3.27. The molecule has 0 aromatic heterocycles. The van der Waals surface area contributed by atoms with Gasteiger partial charge < -0.3 is 24.8 Å². The molecule has 4 rings (SSSR count). The van der Waals surface area contributed by atoms with E-state index < -0.39 is 11.8 Å². The van der Waals surface area contributed by atoms with Crippen LogP contribution in [0.4, 0.5) is 5.69 Å². The Morgan fingerprint density at radius 3 is 2.71 bits per heavy atom. The number of nitrogens with zero attached hydrogens (tertiary/aromatic N) is 1. The van der Waals surface area contributed by atoms with Crippen LogP contribution in [-0.2, 0) is 14.3 Å². The average molecular weight is 425 g/mol. The van der Waals surface area contributed by atoms with Crippen LogP contribution in [-0.4, -0.2) is 56.3 Å². The van der Waals surface area contributed by atoms with Gasteiger partial charge in [-0.25, -0.2) is 0 Å². The number of benzene rings is 2. The van der Waals surface area contributed by atoms with Gasteiger partial charge in [-0.15, -0.1) is 0 Å². The fourth-order valence-electron chi connectivity index (χ4n) is 3.68. The van der Waals surface area contributed by atoms with E-state index in [0.717, 1.165) is 39.1 Å². The first-order valence-corrected chi connectivity index (χ1v) is 10.6. The Morgan fingerprint density at radius 1 is 1.00 bits per heavy atom. The second-order valence-electron chi connectivity index (χ2n) is 7.56. The van der Waals surface area contributed by atoms with Gasteiger partial charge in [-0.05, 0) is 37.1 Å². The summed E-state index contributed by atoms with van der Waals surface area (Å²) in [6.07, 6.45) is 1.84. The van der Waals surface area contributed by atoms with Crippen molar-refractivity contribution in [2.45, 2.75) is 18.9 Å². The van der Waals surface area contributed by atoms with E-state index in [0.29, 0.717) is 23.7 Å². The molecule has 2 amide bonds. The van der Waals surface area contributed by atoms with E-state index in [4.69, 9.17) is 14.2 Å². The molecule has 2 aliphatic heterocycles. The number of morpholine rings is 1. The molecule has 1 fully saturated rings. The molecule has 2 heterocycles. The molecule has 0 aliphatic carbocycles. The summed E-state index contributed by atoms with van der Waals surface area (Å²) < 4.78 is 16.4. The van der Waals surface area contributed by atoms with Crippen LogP contribution in [0.5, 0.6) is 11.5 Å². The van der Waals surface area contributed by atoms with Crippen molar-refractivity contribution in [2.75, 3.05) is 44.9 Å². The number of amides is 2. The lowest BCUT2D eigenvalue weighted by Crippen LogP contribution is -2.39. The maximum absolute atomic E-state index is 12.1. The number of ether oxygens (including phenoxy) is 3. The van der Waals surface area contributed by atoms with Crippen molar-refractivity contribution < 1.29 is 23.8 Å². The Kier molecular flexibility index (Phi) is 7.01. The maximum Gasteiger partial charge on any atom is 0.313 e. The molecule has 2 aromatic rings. The predicted octanol–water partition coefficient (Wildman–Crippen LogP) is 2.32. The SMILES string of the molecule is O=C(NCCCCN1CCOC(c2ccccc2)C1)C(=O)Nc1ccc2c(c1)OCO2. The molecule has 0 saturated carbocycles. The van der Waals surface area contributed by atoms with E-state index in [1.54, 1.807) is 18.2 Å². The molecule has 2 aromatic carbocycles. The second kappa shape index (κ2) is 10.3. The quantitative estimate of drug-likeness (QED) is 0.523. The van der Waals surface area contributed by atoms with Crippen molar-refractivity contribution in [2.24, 2.45) is 0 Å². The molecule has 1 unspecified atom stereocenters. The molecular formula is C23H27N3O5. The summed E-state index contributed by atoms with van der Waals surface area (Å²) in [5.74, 6) is -0.167. The molecule has 2 aliphatic rings. The minimum Gasteiger partial charge on any atom is -0.454 e. The molecule has 164 valence electrons. The molecule has 0 spiro atoms. The molecule has 8 heteroatoms. The van der Waals surface area contributed by atoms with Gasteiger partial charge in [0.25, 0.3) is 0 Å². The lowest BCUT2D eigenvalue weighted by Gasteiger charge is -2.33. The number of hydrogen-bond donors (Lipinski definition) is 2. The molecule has 0 bridgehead atoms. The van der Waals surface area contributed by atoms with Crippen molar-refractivity contribution in [3.63, 3.8) is 0 Å². The van der Waals surface area contributed by atoms with Crippen molar-refractivity contribution in [3.05, 3.63) is 54.1 Å². The predicted molar refractivity (Wildman–Crippen MR) is 115 cm³/mol. The molecule has 8 nitrogen and oxygen atoms in total. The van der Waals surface area contributed by atoms with Gasteiger partial charge in [0.2, 0.25) is 6.79 Å². The summed E-state index contributed by atoms with van der Waals surface area (Å²) >= 11 is 0. The standard InChI is InChI=1S/C23H27N3O5/c27-22(23(28)25-18-8-9-19-20(14-18)31-16-30-19)24-10-4-5-11-26-12-13-29-21(15-26)17-6-2-1-3-7-17/h1-3,6-9,14,21H,4-5,10-13,15-16H2,(H,24,27)(H,25,28). The van der Waals surface area contributed by atoms with Crippen LogP contribution in [0, 0.1) is 0 Å². The second-order valence-corrected chi connectivity index (χ2v) is 7.56. The lowest BCUT2D eigenvalue weighted by molar-refractivity contribution is -0.136. The number of carbonyl (C=O) groups is 2. The topological polar surface area (TPSA) is 89.1 Å². The Morgan fingerprint density at radius 2 is 1.84 bits per heavy atom. The van der Waals surface area contributed by atoms with E-state index in [2.05, 4.69) is 27.7 Å². The van der Waals surface area contributed by atoms with E-state index in [9.17, 15) is 9.59 Å². The zero-order chi connectivity index (χ0) is 21.5. The highest BCUT2D eigenvalue weighted by atomic mass is 16.7. The molecule has 1 atom stereocenters. The highest BCUT2D eigenvalue weighted by Crippen LogP contribution is 2.34. The number of anilines is 1. The van der Waals surface area contributed by atoms with Gasteiger partial charge in [0.15, 0.2) is 11.5 Å². The van der Waals surface area contributed by atoms with Gasteiger partial charge in [0, 0.05) is 31.4 Å². The van der Waals surface area contributed by atoms with Gasteiger partial charge in [0.1, 0.15) is 0 Å². The summed E-state index contributed by atoms with van der Waals surface area (Å²) in [7, 11) is 0. The summed E-state index contributed by atoms with van der Waals surface area (Å²) in [6.45, 7) is 4.05. The highest BCUT2D eigenvalue weighted by Gasteiger charge is 2.21. The smallest absolute Gasteiger partial charge is 0.313 e. The summed E-state index contributed by atoms with van der Waals surface area (Å²) in [4.78, 5) is 26.5. The van der Waals surface area contributed by atoms with Crippen LogP contribution in [0.15, 0.2) is 48.5 Å². The molecular weight excluding hydrogens is 398 g/mol. The van der Waals surface area contributed by atoms with Crippen LogP contribution in [0.3, 0.4) is 0 Å². The van der Waals surface area contributed by atoms with E-state index in [-0.39, 0.29) is 12.9 Å². The molecule has 0 radical (unpaired) electrons. The fraction of sp³-hybridized carbons (Fsp3) is 0.391. The van der Waals surface area contributed by atoms with Crippen LogP contribution in [0.1, 0.15) is 24.5 Å². The van der Waals surface area contributed by atoms with Gasteiger partial charge in [-0.3, -0.25) is 14.5 Å². The normalized spacial score (nSPS) is 17.9. The van der Waals surface area contributed by atoms with Gasteiger partial charge in [0.05, 0.1) is 12.7 Å². The summed E-state index contributed by atoms with van der Waals surface area (Å²) in [5.41, 5.74) is 1.69. The molecule has 31 heavy (non-hydrogen) atoms. The van der Waals surface area contributed by atoms with Crippen LogP contribution in [0.2, 0.25) is 0 Å². The largest absolute Gasteiger partial charge is 0.454 e. The minimum atomic E-state index is -0.697. The van der Waals surface area contributed by atoms with Crippen molar-refractivity contribution in [3.8, 4) is 11.5 Å². The molecule has 2 N–H and O–H groups in total. The third kappa shape index (κ3) is 5.74. The van der Waals surface area contributed by atoms with Gasteiger partial charge in [-0.1, -0.05) is 30.3 Å². The van der Waals surface area contributed by atoms with Gasteiger partial charge >= 0.3 is 11.8 Å². The monoisotopic (exact) mass is 425 g/mol. The van der Waals surface area contributed by atoms with Crippen molar-refractivity contribution >= 4 is 17.5 Å². The van der Waals surface area contributed by atoms with Crippen molar-refractivity contribution in [1.82, 2.24) is 10.2 Å². The number of hydrogen-bond acceptors (Lipinski definition) is 6. The number of nitrogens with one attached hydrogen (secondary N) is 2.